The average molecular weight is 128 g/mol. The minimum atomic E-state index is -0.469. The zero-order chi connectivity index (χ0) is 6.69. The lowest BCUT2D eigenvalue weighted by molar-refractivity contribution is 0.143. The van der Waals surface area contributed by atoms with Crippen LogP contribution in [0.4, 0.5) is 4.79 Å². The van der Waals surface area contributed by atoms with Gasteiger partial charge in [0.05, 0.1) is 0 Å². The molecule has 0 fully saturated rings. The van der Waals surface area contributed by atoms with E-state index in [1.54, 1.807) is 11.7 Å². The van der Waals surface area contributed by atoms with Crippen LogP contribution in [0.5, 0.6) is 0 Å². The molecule has 0 unspecified atom stereocenters. The molecular formula is C5H8N2O2. The zero-order valence-corrected chi connectivity index (χ0v) is 4.87. The third-order valence-electron chi connectivity index (χ3n) is 1.18. The second-order valence-electron chi connectivity index (χ2n) is 1.78. The number of nitrogens with zero attached hydrogens (tertiary/aromatic N) is 1. The quantitative estimate of drug-likeness (QED) is 0.364. The van der Waals surface area contributed by atoms with Gasteiger partial charge in [0.2, 0.25) is 0 Å². The van der Waals surface area contributed by atoms with Gasteiger partial charge >= 0.3 is 6.03 Å². The first-order valence-corrected chi connectivity index (χ1v) is 2.72. The fourth-order valence-corrected chi connectivity index (χ4v) is 0.723. The van der Waals surface area contributed by atoms with Crippen molar-refractivity contribution in [1.82, 2.24) is 10.4 Å². The normalized spacial score (nSPS) is 16.3. The van der Waals surface area contributed by atoms with E-state index >= 15 is 0 Å². The molecule has 1 heterocycles. The van der Waals surface area contributed by atoms with Crippen LogP contribution in [0.2, 0.25) is 0 Å². The number of nitrogens with one attached hydrogen (secondary N) is 1. The van der Waals surface area contributed by atoms with Crippen LogP contribution >= 0.6 is 0 Å². The first-order chi connectivity index (χ1) is 4.34. The van der Waals surface area contributed by atoms with E-state index in [1.807, 2.05) is 6.08 Å². The highest BCUT2D eigenvalue weighted by molar-refractivity contribution is 5.74. The lowest BCUT2D eigenvalue weighted by Crippen LogP contribution is -2.32. The van der Waals surface area contributed by atoms with Crippen molar-refractivity contribution >= 4 is 6.03 Å². The molecular weight excluding hydrogens is 120 g/mol. The molecule has 0 atom stereocenters. The van der Waals surface area contributed by atoms with E-state index in [9.17, 15) is 4.79 Å². The molecule has 0 aliphatic carbocycles. The van der Waals surface area contributed by atoms with Crippen molar-refractivity contribution in [2.75, 3.05) is 6.54 Å². The molecule has 0 aromatic carbocycles. The van der Waals surface area contributed by atoms with Gasteiger partial charge in [0, 0.05) is 12.7 Å². The maximum Gasteiger partial charge on any atom is 0.345 e. The van der Waals surface area contributed by atoms with Gasteiger partial charge in [-0.1, -0.05) is 6.08 Å². The van der Waals surface area contributed by atoms with Crippen LogP contribution in [-0.4, -0.2) is 22.7 Å². The molecule has 0 radical (unpaired) electrons. The molecule has 1 aliphatic rings. The summed E-state index contributed by atoms with van der Waals surface area (Å²) in [5.74, 6) is 0. The summed E-state index contributed by atoms with van der Waals surface area (Å²) in [6.07, 6.45) is 4.38. The van der Waals surface area contributed by atoms with Gasteiger partial charge in [-0.3, -0.25) is 10.1 Å². The highest BCUT2D eigenvalue weighted by Gasteiger charge is 2.10. The van der Waals surface area contributed by atoms with Gasteiger partial charge < -0.3 is 0 Å². The maximum atomic E-state index is 10.5. The van der Waals surface area contributed by atoms with Gasteiger partial charge in [-0.2, -0.15) is 0 Å². The molecule has 0 aromatic heterocycles. The van der Waals surface area contributed by atoms with Crippen LogP contribution in [-0.2, 0) is 0 Å². The Labute approximate surface area is 52.7 Å². The summed E-state index contributed by atoms with van der Waals surface area (Å²) in [5.41, 5.74) is 1.54. The number of carbonyl (C=O) groups is 1. The highest BCUT2D eigenvalue weighted by atomic mass is 16.5. The van der Waals surface area contributed by atoms with Crippen molar-refractivity contribution in [3.05, 3.63) is 12.3 Å². The molecule has 9 heavy (non-hydrogen) atoms. The van der Waals surface area contributed by atoms with Crippen molar-refractivity contribution in [2.24, 2.45) is 0 Å². The third kappa shape index (κ3) is 1.20. The number of rotatable bonds is 0. The molecule has 0 saturated heterocycles. The van der Waals surface area contributed by atoms with Gasteiger partial charge in [0.15, 0.2) is 0 Å². The van der Waals surface area contributed by atoms with E-state index in [0.717, 1.165) is 6.42 Å². The lowest BCUT2D eigenvalue weighted by atomic mass is 10.5. The highest BCUT2D eigenvalue weighted by Crippen LogP contribution is 2.02. The van der Waals surface area contributed by atoms with Gasteiger partial charge in [-0.25, -0.2) is 10.3 Å². The summed E-state index contributed by atoms with van der Waals surface area (Å²) in [4.78, 5) is 11.9. The fourth-order valence-electron chi connectivity index (χ4n) is 0.723. The number of carbonyl (C=O) groups excluding carboxylic acids is 1. The molecule has 0 bridgehead atoms. The molecule has 0 aromatic rings. The topological polar surface area (TPSA) is 52.6 Å². The molecule has 2 N–H and O–H groups in total. The summed E-state index contributed by atoms with van der Waals surface area (Å²) >= 11 is 0. The van der Waals surface area contributed by atoms with Crippen LogP contribution in [0.15, 0.2) is 12.3 Å². The monoisotopic (exact) mass is 128 g/mol. The summed E-state index contributed by atoms with van der Waals surface area (Å²) in [6.45, 7) is 0.659. The number of amides is 2. The second kappa shape index (κ2) is 2.50. The van der Waals surface area contributed by atoms with Crippen molar-refractivity contribution in [3.8, 4) is 0 Å². The summed E-state index contributed by atoms with van der Waals surface area (Å²) in [6, 6.07) is -0.469. The fraction of sp³-hybridized carbons (Fsp3) is 0.400. The summed E-state index contributed by atoms with van der Waals surface area (Å²) in [5, 5.41) is 8.12. The Morgan fingerprint density at radius 3 is 3.00 bits per heavy atom. The van der Waals surface area contributed by atoms with Crippen LogP contribution in [0.25, 0.3) is 0 Å². The number of hydroxylamine groups is 1. The van der Waals surface area contributed by atoms with E-state index in [-0.39, 0.29) is 0 Å². The molecule has 1 aliphatic heterocycles. The molecule has 4 nitrogen and oxygen atoms in total. The molecule has 0 spiro atoms. The standard InChI is InChI=1S/C5H8N2O2/c8-5(6-9)7-3-1-2-4-7/h1,3,9H,2,4H2,(H,6,8). The lowest BCUT2D eigenvalue weighted by Gasteiger charge is -2.09. The SMILES string of the molecule is O=C(NO)N1C=CCC1. The Morgan fingerprint density at radius 2 is 2.56 bits per heavy atom. The minimum absolute atomic E-state index is 0.469. The molecule has 4 heteroatoms. The van der Waals surface area contributed by atoms with E-state index in [2.05, 4.69) is 0 Å². The van der Waals surface area contributed by atoms with Gasteiger partial charge in [-0.05, 0) is 6.42 Å². The summed E-state index contributed by atoms with van der Waals surface area (Å²) < 4.78 is 0. The minimum Gasteiger partial charge on any atom is -0.299 e. The van der Waals surface area contributed by atoms with Crippen molar-refractivity contribution < 1.29 is 10.0 Å². The van der Waals surface area contributed by atoms with Crippen molar-refractivity contribution in [2.45, 2.75) is 6.42 Å². The van der Waals surface area contributed by atoms with Crippen LogP contribution < -0.4 is 5.48 Å². The Hall–Kier alpha value is -1.03. The summed E-state index contributed by atoms with van der Waals surface area (Å²) in [7, 11) is 0. The number of hydrogen-bond donors (Lipinski definition) is 2. The van der Waals surface area contributed by atoms with E-state index in [0.29, 0.717) is 6.54 Å². The van der Waals surface area contributed by atoms with E-state index in [1.165, 1.54) is 4.90 Å². The van der Waals surface area contributed by atoms with Crippen LogP contribution in [0.3, 0.4) is 0 Å². The molecule has 50 valence electrons. The van der Waals surface area contributed by atoms with E-state index < -0.39 is 6.03 Å². The largest absolute Gasteiger partial charge is 0.345 e. The second-order valence-corrected chi connectivity index (χ2v) is 1.78. The Bertz CT molecular complexity index is 144. The van der Waals surface area contributed by atoms with Gasteiger partial charge in [0.25, 0.3) is 0 Å². The Morgan fingerprint density at radius 1 is 1.78 bits per heavy atom. The van der Waals surface area contributed by atoms with E-state index in [4.69, 9.17) is 5.21 Å². The van der Waals surface area contributed by atoms with Crippen LogP contribution in [0.1, 0.15) is 6.42 Å². The maximum absolute atomic E-state index is 10.5. The molecule has 0 saturated carbocycles. The first-order valence-electron chi connectivity index (χ1n) is 2.72. The molecule has 1 rings (SSSR count). The third-order valence-corrected chi connectivity index (χ3v) is 1.18. The smallest absolute Gasteiger partial charge is 0.299 e. The van der Waals surface area contributed by atoms with Gasteiger partial charge in [0.1, 0.15) is 0 Å². The van der Waals surface area contributed by atoms with Crippen molar-refractivity contribution in [1.29, 1.82) is 0 Å². The van der Waals surface area contributed by atoms with Crippen molar-refractivity contribution in [3.63, 3.8) is 0 Å². The number of hydrogen-bond acceptors (Lipinski definition) is 2. The molecule has 2 amide bonds. The van der Waals surface area contributed by atoms with Gasteiger partial charge in [-0.15, -0.1) is 0 Å². The zero-order valence-electron chi connectivity index (χ0n) is 4.87. The predicted molar refractivity (Wildman–Crippen MR) is 30.8 cm³/mol. The first kappa shape index (κ1) is 6.10. The predicted octanol–water partition coefficient (Wildman–Crippen LogP) is 0.305. The van der Waals surface area contributed by atoms with Crippen LogP contribution in [0, 0.1) is 0 Å². The number of urea groups is 1. The Kier molecular flexibility index (Phi) is 1.69. The Balaban J connectivity index is 2.43. The average Bonchev–Trinajstić information content (AvgIpc) is 2.37.